The van der Waals surface area contributed by atoms with Crippen molar-refractivity contribution in [1.82, 2.24) is 0 Å². The zero-order valence-electron chi connectivity index (χ0n) is 20.0. The number of carbonyl (C=O) groups excluding carboxylic acids is 1. The Bertz CT molecular complexity index is 630. The summed E-state index contributed by atoms with van der Waals surface area (Å²) in [7, 11) is 0. The Kier molecular flexibility index (Phi) is 10.2. The van der Waals surface area contributed by atoms with Crippen molar-refractivity contribution in [3.63, 3.8) is 0 Å². The highest BCUT2D eigenvalue weighted by molar-refractivity contribution is 5.75. The van der Waals surface area contributed by atoms with Crippen LogP contribution in [0.5, 0.6) is 11.5 Å². The van der Waals surface area contributed by atoms with Crippen LogP contribution in [0.25, 0.3) is 0 Å². The van der Waals surface area contributed by atoms with Crippen molar-refractivity contribution >= 4 is 5.97 Å². The zero-order chi connectivity index (χ0) is 21.9. The van der Waals surface area contributed by atoms with E-state index in [1.807, 2.05) is 24.3 Å². The smallest absolute Gasteiger partial charge is 0.314 e. The first kappa shape index (κ1) is 24.1. The van der Waals surface area contributed by atoms with E-state index in [0.717, 1.165) is 62.2 Å². The summed E-state index contributed by atoms with van der Waals surface area (Å²) in [5, 5.41) is 0. The van der Waals surface area contributed by atoms with Gasteiger partial charge in [0.2, 0.25) is 0 Å². The summed E-state index contributed by atoms with van der Waals surface area (Å²) in [6, 6.07) is 7.59. The summed E-state index contributed by atoms with van der Waals surface area (Å²) in [4.78, 5) is 12.4. The molecule has 3 nitrogen and oxygen atoms in total. The van der Waals surface area contributed by atoms with Gasteiger partial charge in [0.1, 0.15) is 11.5 Å². The van der Waals surface area contributed by atoms with Crippen LogP contribution in [-0.4, -0.2) is 12.6 Å². The van der Waals surface area contributed by atoms with Crippen molar-refractivity contribution in [3.05, 3.63) is 24.3 Å². The van der Waals surface area contributed by atoms with E-state index in [1.165, 1.54) is 57.8 Å². The minimum absolute atomic E-state index is 0.0673. The second kappa shape index (κ2) is 13.1. The predicted molar refractivity (Wildman–Crippen MR) is 128 cm³/mol. The second-order valence-corrected chi connectivity index (χ2v) is 10.1. The average molecular weight is 429 g/mol. The minimum atomic E-state index is -0.0680. The molecule has 0 spiro atoms. The summed E-state index contributed by atoms with van der Waals surface area (Å²) in [5.41, 5.74) is 0. The molecule has 2 atom stereocenters. The summed E-state index contributed by atoms with van der Waals surface area (Å²) >= 11 is 0. The summed E-state index contributed by atoms with van der Waals surface area (Å²) in [6.45, 7) is 5.34. The van der Waals surface area contributed by atoms with Crippen LogP contribution >= 0.6 is 0 Å². The fourth-order valence-corrected chi connectivity index (χ4v) is 5.54. The Hall–Kier alpha value is -1.51. The fraction of sp³-hybridized carbons (Fsp3) is 0.750. The number of hydrogen-bond donors (Lipinski definition) is 0. The Morgan fingerprint density at radius 2 is 1.45 bits per heavy atom. The van der Waals surface area contributed by atoms with Gasteiger partial charge in [-0.2, -0.15) is 0 Å². The Balaban J connectivity index is 1.35. The largest absolute Gasteiger partial charge is 0.494 e. The van der Waals surface area contributed by atoms with E-state index >= 15 is 0 Å². The lowest BCUT2D eigenvalue weighted by Gasteiger charge is -2.31. The molecule has 2 fully saturated rings. The van der Waals surface area contributed by atoms with Crippen LogP contribution in [0.1, 0.15) is 104 Å². The van der Waals surface area contributed by atoms with Gasteiger partial charge in [0, 0.05) is 0 Å². The lowest BCUT2D eigenvalue weighted by atomic mass is 9.74. The molecule has 2 unspecified atom stereocenters. The maximum Gasteiger partial charge on any atom is 0.314 e. The number of unbranched alkanes of at least 4 members (excludes halogenated alkanes) is 2. The van der Waals surface area contributed by atoms with Crippen molar-refractivity contribution in [3.8, 4) is 11.5 Å². The molecule has 1 aromatic carbocycles. The van der Waals surface area contributed by atoms with E-state index in [4.69, 9.17) is 9.47 Å². The second-order valence-electron chi connectivity index (χ2n) is 10.1. The van der Waals surface area contributed by atoms with E-state index in [2.05, 4.69) is 13.8 Å². The number of hydrogen-bond acceptors (Lipinski definition) is 3. The molecule has 0 amide bonds. The highest BCUT2D eigenvalue weighted by atomic mass is 16.5. The molecular formula is C28H44O3. The quantitative estimate of drug-likeness (QED) is 0.204. The SMILES string of the molecule is CCCCCC1CCCCC1CCCOc1ccc(OC(=O)C2CCC(C)CC2)cc1. The molecule has 2 aliphatic carbocycles. The first-order valence-electron chi connectivity index (χ1n) is 13.1. The Morgan fingerprint density at radius 1 is 0.839 bits per heavy atom. The van der Waals surface area contributed by atoms with E-state index in [1.54, 1.807) is 0 Å². The van der Waals surface area contributed by atoms with Gasteiger partial charge in [-0.15, -0.1) is 0 Å². The van der Waals surface area contributed by atoms with E-state index in [-0.39, 0.29) is 11.9 Å². The van der Waals surface area contributed by atoms with Gasteiger partial charge in [-0.25, -0.2) is 0 Å². The van der Waals surface area contributed by atoms with Crippen LogP contribution in [0.4, 0.5) is 0 Å². The first-order valence-corrected chi connectivity index (χ1v) is 13.1. The minimum Gasteiger partial charge on any atom is -0.494 e. The van der Waals surface area contributed by atoms with Crippen LogP contribution in [0.15, 0.2) is 24.3 Å². The van der Waals surface area contributed by atoms with Gasteiger partial charge in [-0.3, -0.25) is 4.79 Å². The summed E-state index contributed by atoms with van der Waals surface area (Å²) < 4.78 is 11.6. The van der Waals surface area contributed by atoms with Crippen molar-refractivity contribution in [1.29, 1.82) is 0 Å². The highest BCUT2D eigenvalue weighted by Crippen LogP contribution is 2.36. The zero-order valence-corrected chi connectivity index (χ0v) is 20.0. The summed E-state index contributed by atoms with van der Waals surface area (Å²) in [6.07, 6.45) is 17.9. The average Bonchev–Trinajstić information content (AvgIpc) is 2.79. The topological polar surface area (TPSA) is 35.5 Å². The number of carbonyl (C=O) groups is 1. The molecule has 1 aromatic rings. The van der Waals surface area contributed by atoms with Gasteiger partial charge < -0.3 is 9.47 Å². The van der Waals surface area contributed by atoms with Crippen LogP contribution in [0, 0.1) is 23.7 Å². The van der Waals surface area contributed by atoms with Crippen LogP contribution in [0.3, 0.4) is 0 Å². The lowest BCUT2D eigenvalue weighted by molar-refractivity contribution is -0.140. The third kappa shape index (κ3) is 8.16. The number of ether oxygens (including phenoxy) is 2. The normalized spacial score (nSPS) is 26.4. The van der Waals surface area contributed by atoms with Crippen LogP contribution in [-0.2, 0) is 4.79 Å². The van der Waals surface area contributed by atoms with E-state index in [9.17, 15) is 4.79 Å². The molecule has 3 heteroatoms. The standard InChI is InChI=1S/C28H44O3/c1-3-4-5-9-23-10-6-7-11-24(23)12-8-21-30-26-17-19-27(20-18-26)31-28(29)25-15-13-22(2)14-16-25/h17-20,22-25H,3-16,21H2,1-2H3. The predicted octanol–water partition coefficient (Wildman–Crippen LogP) is 7.96. The monoisotopic (exact) mass is 428 g/mol. The number of esters is 1. The van der Waals surface area contributed by atoms with Gasteiger partial charge in [-0.1, -0.05) is 65.2 Å². The molecule has 0 aromatic heterocycles. The number of rotatable bonds is 11. The molecule has 0 saturated heterocycles. The van der Waals surface area contributed by atoms with E-state index in [0.29, 0.717) is 5.75 Å². The molecule has 2 aliphatic rings. The van der Waals surface area contributed by atoms with E-state index < -0.39 is 0 Å². The molecule has 0 aliphatic heterocycles. The Morgan fingerprint density at radius 3 is 2.10 bits per heavy atom. The molecule has 0 bridgehead atoms. The molecule has 3 rings (SSSR count). The van der Waals surface area contributed by atoms with Crippen molar-refractivity contribution in [2.75, 3.05) is 6.61 Å². The molecule has 0 N–H and O–H groups in total. The molecule has 0 radical (unpaired) electrons. The fourth-order valence-electron chi connectivity index (χ4n) is 5.54. The third-order valence-electron chi connectivity index (χ3n) is 7.62. The highest BCUT2D eigenvalue weighted by Gasteiger charge is 2.26. The van der Waals surface area contributed by atoms with Crippen molar-refractivity contribution in [2.24, 2.45) is 23.7 Å². The Labute approximate surface area is 190 Å². The third-order valence-corrected chi connectivity index (χ3v) is 7.62. The van der Waals surface area contributed by atoms with Crippen molar-refractivity contribution < 1.29 is 14.3 Å². The van der Waals surface area contributed by atoms with Gasteiger partial charge in [-0.05, 0) is 80.5 Å². The first-order chi connectivity index (χ1) is 15.2. The molecule has 2 saturated carbocycles. The van der Waals surface area contributed by atoms with Crippen LogP contribution in [0.2, 0.25) is 0 Å². The van der Waals surface area contributed by atoms with Crippen molar-refractivity contribution in [2.45, 2.75) is 104 Å². The maximum atomic E-state index is 12.4. The molecule has 0 heterocycles. The van der Waals surface area contributed by atoms with Gasteiger partial charge in [0.05, 0.1) is 12.5 Å². The van der Waals surface area contributed by atoms with Gasteiger partial charge >= 0.3 is 5.97 Å². The summed E-state index contributed by atoms with van der Waals surface area (Å²) in [5.74, 6) is 4.09. The van der Waals surface area contributed by atoms with Gasteiger partial charge in [0.25, 0.3) is 0 Å². The van der Waals surface area contributed by atoms with Crippen LogP contribution < -0.4 is 9.47 Å². The lowest BCUT2D eigenvalue weighted by Crippen LogP contribution is -2.24. The molecular weight excluding hydrogens is 384 g/mol. The maximum absolute atomic E-state index is 12.4. The molecule has 174 valence electrons. The molecule has 31 heavy (non-hydrogen) atoms. The van der Waals surface area contributed by atoms with Gasteiger partial charge in [0.15, 0.2) is 0 Å². The number of benzene rings is 1.